The van der Waals surface area contributed by atoms with E-state index in [1.54, 1.807) is 35.3 Å². The monoisotopic (exact) mass is 792 g/mol. The summed E-state index contributed by atoms with van der Waals surface area (Å²) in [5.74, 6) is -2.51. The minimum atomic E-state index is -1.22. The van der Waals surface area contributed by atoms with Gasteiger partial charge in [-0.3, -0.25) is 24.4 Å². The van der Waals surface area contributed by atoms with Crippen molar-refractivity contribution in [3.63, 3.8) is 0 Å². The summed E-state index contributed by atoms with van der Waals surface area (Å²) in [5.41, 5.74) is 22.6. The van der Waals surface area contributed by atoms with E-state index in [2.05, 4.69) is 24.9 Å². The van der Waals surface area contributed by atoms with Gasteiger partial charge in [0.25, 0.3) is 11.8 Å². The molecule has 0 aliphatic heterocycles. The lowest BCUT2D eigenvalue weighted by Crippen LogP contribution is -2.18. The Morgan fingerprint density at radius 1 is 0.714 bits per heavy atom. The third-order valence-corrected chi connectivity index (χ3v) is 9.22. The van der Waals surface area contributed by atoms with Gasteiger partial charge in [-0.25, -0.2) is 19.7 Å². The van der Waals surface area contributed by atoms with Crippen LogP contribution in [0.1, 0.15) is 76.6 Å². The van der Waals surface area contributed by atoms with Crippen LogP contribution in [0.15, 0.2) is 79.4 Å². The van der Waals surface area contributed by atoms with Gasteiger partial charge >= 0.3 is 5.97 Å². The van der Waals surface area contributed by atoms with Gasteiger partial charge in [0.05, 0.1) is 21.1 Å². The van der Waals surface area contributed by atoms with Crippen LogP contribution in [0.2, 0.25) is 10.0 Å². The maximum atomic E-state index is 12.9. The molecule has 0 fully saturated rings. The Morgan fingerprint density at radius 2 is 1.21 bits per heavy atom. The fraction of sp³-hybridized carbons (Fsp3) is 0.154. The lowest BCUT2D eigenvalue weighted by Gasteiger charge is -2.09. The minimum Gasteiger partial charge on any atom is -0.476 e. The maximum Gasteiger partial charge on any atom is 0.356 e. The Balaban J connectivity index is 0.000000202. The largest absolute Gasteiger partial charge is 0.476 e. The number of nitrogens with two attached hydrogens (primary N) is 3. The van der Waals surface area contributed by atoms with Crippen molar-refractivity contribution in [1.29, 1.82) is 0 Å². The molecule has 7 rings (SSSR count). The van der Waals surface area contributed by atoms with E-state index in [1.807, 2.05) is 56.3 Å². The molecule has 0 radical (unpaired) electrons. The molecule has 2 amide bonds. The number of Topliss-reactive ketones (excluding diaryl/α,β-unsaturated/α-hetero) is 1. The second kappa shape index (κ2) is 16.3. The second-order valence-electron chi connectivity index (χ2n) is 12.9. The van der Waals surface area contributed by atoms with E-state index in [0.717, 1.165) is 49.8 Å². The number of imidazole rings is 2. The van der Waals surface area contributed by atoms with Crippen molar-refractivity contribution in [1.82, 2.24) is 34.1 Å². The highest BCUT2D eigenvalue weighted by Crippen LogP contribution is 2.22. The number of amides is 2. The van der Waals surface area contributed by atoms with Crippen LogP contribution >= 0.6 is 23.2 Å². The van der Waals surface area contributed by atoms with Gasteiger partial charge in [-0.15, -0.1) is 0 Å². The molecule has 0 aliphatic rings. The number of carboxylic acid groups (broad SMARTS) is 1. The van der Waals surface area contributed by atoms with E-state index >= 15 is 0 Å². The summed E-state index contributed by atoms with van der Waals surface area (Å²) >= 11 is 12.0. The summed E-state index contributed by atoms with van der Waals surface area (Å²) in [7, 11) is 0. The number of fused-ring (bicyclic) bond motifs is 2. The summed E-state index contributed by atoms with van der Waals surface area (Å²) in [6.07, 6.45) is 6.73. The van der Waals surface area contributed by atoms with E-state index in [9.17, 15) is 19.2 Å². The quantitative estimate of drug-likeness (QED) is 0.118. The summed E-state index contributed by atoms with van der Waals surface area (Å²) in [4.78, 5) is 68.0. The van der Waals surface area contributed by atoms with Crippen LogP contribution in [-0.4, -0.2) is 62.7 Å². The Kier molecular flexibility index (Phi) is 11.4. The Hall–Kier alpha value is -6.71. The van der Waals surface area contributed by atoms with E-state index in [4.69, 9.17) is 45.5 Å². The van der Waals surface area contributed by atoms with E-state index < -0.39 is 17.8 Å². The zero-order valence-corrected chi connectivity index (χ0v) is 31.5. The number of hydrogen-bond acceptors (Lipinski definition) is 10. The average Bonchev–Trinajstić information content (AvgIpc) is 3.76. The van der Waals surface area contributed by atoms with Crippen LogP contribution in [0.5, 0.6) is 0 Å². The number of ketones is 1. The summed E-state index contributed by atoms with van der Waals surface area (Å²) in [6.45, 7) is 4.38. The zero-order valence-electron chi connectivity index (χ0n) is 30.0. The molecule has 0 saturated carbocycles. The number of carboxylic acids is 1. The van der Waals surface area contributed by atoms with Gasteiger partial charge in [0.1, 0.15) is 11.5 Å². The first-order valence-corrected chi connectivity index (χ1v) is 17.7. The molecule has 0 spiro atoms. The molecule has 0 atom stereocenters. The van der Waals surface area contributed by atoms with E-state index in [1.165, 1.54) is 10.8 Å². The summed E-state index contributed by atoms with van der Waals surface area (Å²) in [5, 5.41) is 11.8. The van der Waals surface area contributed by atoms with Crippen LogP contribution in [0, 0.1) is 13.8 Å². The zero-order chi connectivity index (χ0) is 40.3. The van der Waals surface area contributed by atoms with E-state index in [-0.39, 0.29) is 41.8 Å². The SMILES string of the molecule is Cc1cc(N)nc(C)c1CCC(=O)c1cn(Cc2ccc3ncc(Cl)cc3c2)c(C(N)=O)n1.NC(=O)c1nc(C(=O)O)cn1Cc1ccc2ncc(Cl)cc2c1. The van der Waals surface area contributed by atoms with Gasteiger partial charge < -0.3 is 31.4 Å². The van der Waals surface area contributed by atoms with Crippen molar-refractivity contribution in [2.24, 2.45) is 11.5 Å². The molecular weight excluding hydrogens is 759 g/mol. The van der Waals surface area contributed by atoms with Crippen LogP contribution in [-0.2, 0) is 19.5 Å². The number of anilines is 1. The van der Waals surface area contributed by atoms with Crippen molar-refractivity contribution in [3.05, 3.63) is 140 Å². The van der Waals surface area contributed by atoms with Crippen LogP contribution in [0.4, 0.5) is 5.82 Å². The number of benzene rings is 2. The number of nitrogens with zero attached hydrogens (tertiary/aromatic N) is 7. The number of halogens is 2. The molecule has 7 N–H and O–H groups in total. The molecule has 284 valence electrons. The number of hydrogen-bond donors (Lipinski definition) is 4. The number of primary amides is 2. The first-order chi connectivity index (χ1) is 26.6. The fourth-order valence-corrected chi connectivity index (χ4v) is 6.57. The third kappa shape index (κ3) is 8.97. The van der Waals surface area contributed by atoms with Crippen molar-refractivity contribution in [3.8, 4) is 0 Å². The topological polar surface area (TPSA) is 241 Å². The molecule has 0 bridgehead atoms. The molecule has 0 saturated heterocycles. The smallest absolute Gasteiger partial charge is 0.356 e. The van der Waals surface area contributed by atoms with E-state index in [0.29, 0.717) is 28.8 Å². The molecule has 5 heterocycles. The van der Waals surface area contributed by atoms with Crippen molar-refractivity contribution >= 4 is 74.4 Å². The van der Waals surface area contributed by atoms with Crippen LogP contribution in [0.3, 0.4) is 0 Å². The van der Waals surface area contributed by atoms with Gasteiger partial charge in [-0.2, -0.15) is 0 Å². The Bertz CT molecular complexity index is 2670. The van der Waals surface area contributed by atoms with Crippen molar-refractivity contribution < 1.29 is 24.3 Å². The number of carbonyl (C=O) groups is 4. The lowest BCUT2D eigenvalue weighted by molar-refractivity contribution is 0.0690. The summed E-state index contributed by atoms with van der Waals surface area (Å²) in [6, 6.07) is 16.6. The predicted molar refractivity (Wildman–Crippen MR) is 211 cm³/mol. The molecule has 5 aromatic heterocycles. The second-order valence-corrected chi connectivity index (χ2v) is 13.8. The average molecular weight is 794 g/mol. The molecule has 2 aromatic carbocycles. The van der Waals surface area contributed by atoms with Gasteiger partial charge in [0, 0.05) is 60.8 Å². The molecule has 15 nitrogen and oxygen atoms in total. The number of carbonyl (C=O) groups excluding carboxylic acids is 3. The highest BCUT2D eigenvalue weighted by Gasteiger charge is 2.20. The van der Waals surface area contributed by atoms with Crippen LogP contribution < -0.4 is 17.2 Å². The fourth-order valence-electron chi connectivity index (χ4n) is 6.23. The lowest BCUT2D eigenvalue weighted by atomic mass is 10.0. The Labute approximate surface area is 329 Å². The molecule has 17 heteroatoms. The number of pyridine rings is 3. The molecule has 56 heavy (non-hydrogen) atoms. The molecule has 0 aliphatic carbocycles. The number of aromatic nitrogens is 7. The van der Waals surface area contributed by atoms with Gasteiger partial charge in [0.15, 0.2) is 23.1 Å². The maximum absolute atomic E-state index is 12.9. The predicted octanol–water partition coefficient (Wildman–Crippen LogP) is 5.57. The number of aromatic carboxylic acids is 1. The first-order valence-electron chi connectivity index (χ1n) is 17.0. The number of rotatable bonds is 11. The van der Waals surface area contributed by atoms with Crippen LogP contribution in [0.25, 0.3) is 21.8 Å². The highest BCUT2D eigenvalue weighted by molar-refractivity contribution is 6.31. The van der Waals surface area contributed by atoms with Gasteiger partial charge in [0.2, 0.25) is 0 Å². The number of nitrogen functional groups attached to an aromatic ring is 1. The standard InChI is InChI=1S/C24H23ClN6O2.C15H11ClN4O3/c1-13-7-22(26)29-14(2)18(13)4-6-21(32)20-12-31(24(30-20)23(27)33)11-15-3-5-19-16(8-15)9-17(25)10-28-19;16-10-4-9-3-8(1-2-11(9)18-5-10)6-20-7-12(15(22)23)19-14(20)13(17)21/h3,5,7-10,12H,4,6,11H2,1-2H3,(H2,26,29)(H2,27,33);1-5,7H,6H2,(H2,17,21)(H,22,23). The molecule has 0 unspecified atom stereocenters. The van der Waals surface area contributed by atoms with Gasteiger partial charge in [-0.1, -0.05) is 35.3 Å². The van der Waals surface area contributed by atoms with Crippen molar-refractivity contribution in [2.45, 2.75) is 39.8 Å². The van der Waals surface area contributed by atoms with Crippen molar-refractivity contribution in [2.75, 3.05) is 5.73 Å². The van der Waals surface area contributed by atoms with Gasteiger partial charge in [-0.05, 0) is 85.0 Å². The highest BCUT2D eigenvalue weighted by atomic mass is 35.5. The first kappa shape index (κ1) is 39.0. The Morgan fingerprint density at radius 3 is 1.70 bits per heavy atom. The number of aryl methyl sites for hydroxylation is 2. The molecular formula is C39H34Cl2N10O5. The minimum absolute atomic E-state index is 0.0316. The third-order valence-electron chi connectivity index (χ3n) is 8.81. The summed E-state index contributed by atoms with van der Waals surface area (Å²) < 4.78 is 3.00. The normalized spacial score (nSPS) is 11.0. The molecule has 7 aromatic rings.